The molecule has 0 saturated carbocycles. The standard InChI is InChI=1S/C7H16N2.ClH/c1-7(2)5-9-4-6(7)3-8;/h6,9H,3-5,8H2,1-2H3;1H. The van der Waals surface area contributed by atoms with Gasteiger partial charge in [-0.25, -0.2) is 0 Å². The molecule has 1 aliphatic heterocycles. The van der Waals surface area contributed by atoms with E-state index in [0.29, 0.717) is 11.3 Å². The van der Waals surface area contributed by atoms with Crippen LogP contribution in [-0.2, 0) is 0 Å². The van der Waals surface area contributed by atoms with Crippen molar-refractivity contribution in [3.05, 3.63) is 0 Å². The number of hydrogen-bond acceptors (Lipinski definition) is 2. The van der Waals surface area contributed by atoms with Crippen LogP contribution in [-0.4, -0.2) is 19.6 Å². The molecule has 0 aromatic heterocycles. The van der Waals surface area contributed by atoms with Gasteiger partial charge in [-0.3, -0.25) is 0 Å². The first-order valence-electron chi connectivity index (χ1n) is 3.57. The number of nitrogens with one attached hydrogen (secondary N) is 1. The zero-order chi connectivity index (χ0) is 6.91. The Hall–Kier alpha value is 0.210. The van der Waals surface area contributed by atoms with Crippen molar-refractivity contribution in [2.45, 2.75) is 13.8 Å². The first-order valence-corrected chi connectivity index (χ1v) is 3.57. The van der Waals surface area contributed by atoms with Gasteiger partial charge in [0.2, 0.25) is 0 Å². The van der Waals surface area contributed by atoms with E-state index in [2.05, 4.69) is 19.2 Å². The number of rotatable bonds is 1. The fourth-order valence-corrected chi connectivity index (χ4v) is 1.39. The molecule has 0 radical (unpaired) electrons. The molecule has 1 atom stereocenters. The third kappa shape index (κ3) is 1.84. The second kappa shape index (κ2) is 3.56. The van der Waals surface area contributed by atoms with E-state index >= 15 is 0 Å². The van der Waals surface area contributed by atoms with Gasteiger partial charge in [0, 0.05) is 6.54 Å². The summed E-state index contributed by atoms with van der Waals surface area (Å²) >= 11 is 0. The molecule has 0 spiro atoms. The van der Waals surface area contributed by atoms with Crippen LogP contribution in [0.15, 0.2) is 0 Å². The monoisotopic (exact) mass is 164 g/mol. The lowest BCUT2D eigenvalue weighted by Crippen LogP contribution is -2.28. The van der Waals surface area contributed by atoms with Crippen molar-refractivity contribution >= 4 is 12.4 Å². The maximum absolute atomic E-state index is 5.57. The number of hydrogen-bond donors (Lipinski definition) is 2. The Morgan fingerprint density at radius 3 is 2.40 bits per heavy atom. The fourth-order valence-electron chi connectivity index (χ4n) is 1.39. The van der Waals surface area contributed by atoms with Gasteiger partial charge in [-0.2, -0.15) is 0 Å². The predicted molar refractivity (Wildman–Crippen MR) is 46.4 cm³/mol. The second-order valence-corrected chi connectivity index (χ2v) is 3.55. The van der Waals surface area contributed by atoms with Crippen molar-refractivity contribution in [2.75, 3.05) is 19.6 Å². The summed E-state index contributed by atoms with van der Waals surface area (Å²) in [6, 6.07) is 0. The topological polar surface area (TPSA) is 38.0 Å². The zero-order valence-corrected chi connectivity index (χ0v) is 7.50. The lowest BCUT2D eigenvalue weighted by Gasteiger charge is -2.23. The van der Waals surface area contributed by atoms with Crippen molar-refractivity contribution < 1.29 is 0 Å². The summed E-state index contributed by atoms with van der Waals surface area (Å²) in [5, 5.41) is 3.33. The Labute approximate surface area is 69.0 Å². The summed E-state index contributed by atoms with van der Waals surface area (Å²) in [6.07, 6.45) is 0. The first kappa shape index (κ1) is 10.2. The molecular weight excluding hydrogens is 148 g/mol. The molecule has 1 rings (SSSR count). The van der Waals surface area contributed by atoms with Gasteiger partial charge in [-0.15, -0.1) is 12.4 Å². The van der Waals surface area contributed by atoms with Crippen LogP contribution in [0.25, 0.3) is 0 Å². The van der Waals surface area contributed by atoms with Crippen molar-refractivity contribution in [2.24, 2.45) is 17.1 Å². The molecule has 62 valence electrons. The van der Waals surface area contributed by atoms with Crippen LogP contribution in [0.3, 0.4) is 0 Å². The van der Waals surface area contributed by atoms with Crippen molar-refractivity contribution in [3.8, 4) is 0 Å². The van der Waals surface area contributed by atoms with Crippen molar-refractivity contribution in [1.29, 1.82) is 0 Å². The van der Waals surface area contributed by atoms with Crippen molar-refractivity contribution in [3.63, 3.8) is 0 Å². The lowest BCUT2D eigenvalue weighted by molar-refractivity contribution is 0.296. The largest absolute Gasteiger partial charge is 0.330 e. The van der Waals surface area contributed by atoms with Gasteiger partial charge in [-0.1, -0.05) is 13.8 Å². The molecule has 1 unspecified atom stereocenters. The highest BCUT2D eigenvalue weighted by molar-refractivity contribution is 5.85. The molecule has 0 aliphatic carbocycles. The summed E-state index contributed by atoms with van der Waals surface area (Å²) in [7, 11) is 0. The van der Waals surface area contributed by atoms with Crippen LogP contribution in [0, 0.1) is 11.3 Å². The summed E-state index contributed by atoms with van der Waals surface area (Å²) < 4.78 is 0. The van der Waals surface area contributed by atoms with Gasteiger partial charge in [-0.05, 0) is 24.4 Å². The van der Waals surface area contributed by atoms with Gasteiger partial charge in [0.15, 0.2) is 0 Å². The van der Waals surface area contributed by atoms with Gasteiger partial charge in [0.25, 0.3) is 0 Å². The lowest BCUT2D eigenvalue weighted by atomic mass is 9.82. The highest BCUT2D eigenvalue weighted by Gasteiger charge is 2.32. The third-order valence-electron chi connectivity index (χ3n) is 2.36. The Morgan fingerprint density at radius 1 is 1.60 bits per heavy atom. The van der Waals surface area contributed by atoms with Crippen LogP contribution < -0.4 is 11.1 Å². The van der Waals surface area contributed by atoms with Crippen LogP contribution in [0.4, 0.5) is 0 Å². The van der Waals surface area contributed by atoms with Crippen LogP contribution >= 0.6 is 12.4 Å². The molecule has 0 aromatic rings. The maximum Gasteiger partial charge on any atom is 0.000626 e. The number of nitrogens with two attached hydrogens (primary N) is 1. The maximum atomic E-state index is 5.57. The summed E-state index contributed by atoms with van der Waals surface area (Å²) in [5.74, 6) is 0.678. The Morgan fingerprint density at radius 2 is 2.20 bits per heavy atom. The summed E-state index contributed by atoms with van der Waals surface area (Å²) in [5.41, 5.74) is 5.99. The SMILES string of the molecule is CC1(C)CNCC1CN.Cl. The van der Waals surface area contributed by atoms with E-state index in [-0.39, 0.29) is 12.4 Å². The summed E-state index contributed by atoms with van der Waals surface area (Å²) in [4.78, 5) is 0. The molecule has 0 bridgehead atoms. The Balaban J connectivity index is 0.000000810. The number of halogens is 1. The second-order valence-electron chi connectivity index (χ2n) is 3.55. The highest BCUT2D eigenvalue weighted by Crippen LogP contribution is 2.28. The zero-order valence-electron chi connectivity index (χ0n) is 6.68. The molecule has 3 N–H and O–H groups in total. The molecule has 1 saturated heterocycles. The molecule has 10 heavy (non-hydrogen) atoms. The minimum absolute atomic E-state index is 0. The van der Waals surface area contributed by atoms with Gasteiger partial charge in [0.1, 0.15) is 0 Å². The minimum Gasteiger partial charge on any atom is -0.330 e. The molecule has 1 fully saturated rings. The molecule has 0 amide bonds. The molecule has 1 aliphatic rings. The molecule has 0 aromatic carbocycles. The van der Waals surface area contributed by atoms with Crippen LogP contribution in [0.5, 0.6) is 0 Å². The van der Waals surface area contributed by atoms with E-state index in [0.717, 1.165) is 19.6 Å². The summed E-state index contributed by atoms with van der Waals surface area (Å²) in [6.45, 7) is 7.58. The van der Waals surface area contributed by atoms with E-state index < -0.39 is 0 Å². The van der Waals surface area contributed by atoms with Crippen LogP contribution in [0.1, 0.15) is 13.8 Å². The third-order valence-corrected chi connectivity index (χ3v) is 2.36. The van der Waals surface area contributed by atoms with E-state index in [1.54, 1.807) is 0 Å². The average Bonchev–Trinajstić information content (AvgIpc) is 2.08. The first-order chi connectivity index (χ1) is 4.17. The van der Waals surface area contributed by atoms with E-state index in [1.165, 1.54) is 0 Å². The quantitative estimate of drug-likeness (QED) is 0.596. The highest BCUT2D eigenvalue weighted by atomic mass is 35.5. The Bertz CT molecular complexity index is 104. The smallest absolute Gasteiger partial charge is 0.000626 e. The Kier molecular flexibility index (Phi) is 3.63. The normalized spacial score (nSPS) is 29.7. The van der Waals surface area contributed by atoms with Crippen molar-refractivity contribution in [1.82, 2.24) is 5.32 Å². The molecular formula is C7H17ClN2. The van der Waals surface area contributed by atoms with Gasteiger partial charge >= 0.3 is 0 Å². The van der Waals surface area contributed by atoms with E-state index in [1.807, 2.05) is 0 Å². The minimum atomic E-state index is 0. The fraction of sp³-hybridized carbons (Fsp3) is 1.00. The molecule has 2 nitrogen and oxygen atoms in total. The van der Waals surface area contributed by atoms with Crippen LogP contribution in [0.2, 0.25) is 0 Å². The van der Waals surface area contributed by atoms with Gasteiger partial charge < -0.3 is 11.1 Å². The van der Waals surface area contributed by atoms with E-state index in [4.69, 9.17) is 5.73 Å². The molecule has 3 heteroatoms. The average molecular weight is 165 g/mol. The molecule has 1 heterocycles. The van der Waals surface area contributed by atoms with E-state index in [9.17, 15) is 0 Å². The predicted octanol–water partition coefficient (Wildman–Crippen LogP) is 0.613. The van der Waals surface area contributed by atoms with Gasteiger partial charge in [0.05, 0.1) is 0 Å².